The Balaban J connectivity index is 2.21. The first-order valence-electron chi connectivity index (χ1n) is 6.59. The van der Waals surface area contributed by atoms with Crippen molar-refractivity contribution < 1.29 is 14.6 Å². The molecule has 23 heavy (non-hydrogen) atoms. The zero-order valence-corrected chi connectivity index (χ0v) is 13.0. The Labute approximate surface area is 138 Å². The molecule has 1 amide bonds. The molecule has 0 spiro atoms. The van der Waals surface area contributed by atoms with Crippen LogP contribution in [0.3, 0.4) is 0 Å². The number of phenolic OH excluding ortho intramolecular Hbond substituents is 1. The van der Waals surface area contributed by atoms with E-state index in [1.807, 2.05) is 6.07 Å². The SMILES string of the molecule is COc1ccc(NC(=O)/C(C#N)=C/c2cccc(O)c2)cc1Cl. The highest BCUT2D eigenvalue weighted by Crippen LogP contribution is 2.27. The van der Waals surface area contributed by atoms with Crippen LogP contribution in [0.1, 0.15) is 5.56 Å². The number of nitrogens with zero attached hydrogens (tertiary/aromatic N) is 1. The number of benzene rings is 2. The number of carbonyl (C=O) groups excluding carboxylic acids is 1. The fourth-order valence-electron chi connectivity index (χ4n) is 1.87. The van der Waals surface area contributed by atoms with Crippen LogP contribution < -0.4 is 10.1 Å². The van der Waals surface area contributed by atoms with Gasteiger partial charge in [0.1, 0.15) is 23.1 Å². The summed E-state index contributed by atoms with van der Waals surface area (Å²) in [5, 5.41) is 21.5. The van der Waals surface area contributed by atoms with E-state index in [4.69, 9.17) is 21.6 Å². The number of carbonyl (C=O) groups is 1. The summed E-state index contributed by atoms with van der Waals surface area (Å²) in [5.41, 5.74) is 0.893. The second kappa shape index (κ2) is 7.34. The van der Waals surface area contributed by atoms with E-state index in [1.165, 1.54) is 31.4 Å². The van der Waals surface area contributed by atoms with Gasteiger partial charge in [0.25, 0.3) is 5.91 Å². The normalized spacial score (nSPS) is 10.7. The lowest BCUT2D eigenvalue weighted by Gasteiger charge is -2.07. The van der Waals surface area contributed by atoms with Crippen LogP contribution in [0.5, 0.6) is 11.5 Å². The van der Waals surface area contributed by atoms with Gasteiger partial charge >= 0.3 is 0 Å². The molecule has 0 aliphatic heterocycles. The number of amides is 1. The highest BCUT2D eigenvalue weighted by molar-refractivity contribution is 6.32. The molecule has 0 bridgehead atoms. The summed E-state index contributed by atoms with van der Waals surface area (Å²) >= 11 is 5.99. The lowest BCUT2D eigenvalue weighted by atomic mass is 10.1. The maximum atomic E-state index is 12.2. The van der Waals surface area contributed by atoms with Crippen molar-refractivity contribution in [1.29, 1.82) is 5.26 Å². The second-order valence-corrected chi connectivity index (χ2v) is 4.98. The van der Waals surface area contributed by atoms with E-state index in [0.717, 1.165) is 0 Å². The zero-order valence-electron chi connectivity index (χ0n) is 12.2. The number of ether oxygens (including phenoxy) is 1. The lowest BCUT2D eigenvalue weighted by Crippen LogP contribution is -2.13. The van der Waals surface area contributed by atoms with Crippen molar-refractivity contribution in [1.82, 2.24) is 0 Å². The van der Waals surface area contributed by atoms with Gasteiger partial charge in [-0.25, -0.2) is 0 Å². The predicted octanol–water partition coefficient (Wildman–Crippen LogP) is 3.60. The number of nitrogens with one attached hydrogen (secondary N) is 1. The topological polar surface area (TPSA) is 82.3 Å². The minimum atomic E-state index is -0.572. The molecule has 0 atom stereocenters. The Kier molecular flexibility index (Phi) is 5.23. The van der Waals surface area contributed by atoms with Crippen LogP contribution in [-0.4, -0.2) is 18.1 Å². The number of anilines is 1. The molecule has 6 heteroatoms. The van der Waals surface area contributed by atoms with Crippen LogP contribution in [0.25, 0.3) is 6.08 Å². The van der Waals surface area contributed by atoms with E-state index in [2.05, 4.69) is 5.32 Å². The van der Waals surface area contributed by atoms with Gasteiger partial charge in [0, 0.05) is 5.69 Å². The highest BCUT2D eigenvalue weighted by Gasteiger charge is 2.11. The van der Waals surface area contributed by atoms with Crippen molar-refractivity contribution in [2.24, 2.45) is 0 Å². The van der Waals surface area contributed by atoms with Gasteiger partial charge in [-0.05, 0) is 42.0 Å². The molecule has 0 aliphatic carbocycles. The molecule has 0 radical (unpaired) electrons. The molecule has 2 aromatic rings. The van der Waals surface area contributed by atoms with Crippen LogP contribution >= 0.6 is 11.6 Å². The fraction of sp³-hybridized carbons (Fsp3) is 0.0588. The summed E-state index contributed by atoms with van der Waals surface area (Å²) < 4.78 is 5.03. The molecule has 0 aliphatic rings. The molecule has 116 valence electrons. The Morgan fingerprint density at radius 1 is 1.35 bits per heavy atom. The number of nitriles is 1. The highest BCUT2D eigenvalue weighted by atomic mass is 35.5. The molecule has 5 nitrogen and oxygen atoms in total. The molecule has 0 heterocycles. The number of methoxy groups -OCH3 is 1. The third kappa shape index (κ3) is 4.25. The largest absolute Gasteiger partial charge is 0.508 e. The van der Waals surface area contributed by atoms with E-state index >= 15 is 0 Å². The van der Waals surface area contributed by atoms with Crippen molar-refractivity contribution in [3.8, 4) is 17.6 Å². The van der Waals surface area contributed by atoms with Gasteiger partial charge < -0.3 is 15.2 Å². The summed E-state index contributed by atoms with van der Waals surface area (Å²) in [6, 6.07) is 12.9. The molecule has 0 aromatic heterocycles. The molecule has 0 saturated carbocycles. The second-order valence-electron chi connectivity index (χ2n) is 4.57. The first-order chi connectivity index (χ1) is 11.0. The van der Waals surface area contributed by atoms with Crippen molar-refractivity contribution in [3.63, 3.8) is 0 Å². The average Bonchev–Trinajstić information content (AvgIpc) is 2.52. The smallest absolute Gasteiger partial charge is 0.266 e. The van der Waals surface area contributed by atoms with Gasteiger partial charge in [-0.1, -0.05) is 23.7 Å². The number of phenols is 1. The summed E-state index contributed by atoms with van der Waals surface area (Å²) in [6.07, 6.45) is 1.39. The van der Waals surface area contributed by atoms with Gasteiger partial charge in [0.2, 0.25) is 0 Å². The van der Waals surface area contributed by atoms with Crippen LogP contribution in [0.15, 0.2) is 48.0 Å². The van der Waals surface area contributed by atoms with Crippen LogP contribution in [-0.2, 0) is 4.79 Å². The average molecular weight is 329 g/mol. The fourth-order valence-corrected chi connectivity index (χ4v) is 2.13. The van der Waals surface area contributed by atoms with Crippen LogP contribution in [0.2, 0.25) is 5.02 Å². The molecule has 0 saturated heterocycles. The maximum absolute atomic E-state index is 12.2. The minimum absolute atomic E-state index is 0.0541. The van der Waals surface area contributed by atoms with E-state index in [0.29, 0.717) is 22.0 Å². The molecule has 2 N–H and O–H groups in total. The third-order valence-corrected chi connectivity index (χ3v) is 3.25. The molecular formula is C17H13ClN2O3. The van der Waals surface area contributed by atoms with Crippen LogP contribution in [0.4, 0.5) is 5.69 Å². The van der Waals surface area contributed by atoms with E-state index < -0.39 is 5.91 Å². The van der Waals surface area contributed by atoms with Crippen molar-refractivity contribution >= 4 is 29.3 Å². The zero-order chi connectivity index (χ0) is 16.8. The Bertz CT molecular complexity index is 810. The van der Waals surface area contributed by atoms with E-state index in [1.54, 1.807) is 24.3 Å². The van der Waals surface area contributed by atoms with Crippen molar-refractivity contribution in [2.45, 2.75) is 0 Å². The monoisotopic (exact) mass is 328 g/mol. The minimum Gasteiger partial charge on any atom is -0.508 e. The summed E-state index contributed by atoms with van der Waals surface area (Å²) in [5.74, 6) is -0.0315. The summed E-state index contributed by atoms with van der Waals surface area (Å²) in [7, 11) is 1.49. The quantitative estimate of drug-likeness (QED) is 0.663. The number of hydrogen-bond donors (Lipinski definition) is 2. The van der Waals surface area contributed by atoms with Crippen molar-refractivity contribution in [3.05, 3.63) is 58.6 Å². The Morgan fingerprint density at radius 2 is 2.13 bits per heavy atom. The summed E-state index contributed by atoms with van der Waals surface area (Å²) in [6.45, 7) is 0. The molecular weight excluding hydrogens is 316 g/mol. The molecule has 0 fully saturated rings. The first-order valence-corrected chi connectivity index (χ1v) is 6.97. The number of hydrogen-bond acceptors (Lipinski definition) is 4. The van der Waals surface area contributed by atoms with Gasteiger partial charge in [0.05, 0.1) is 12.1 Å². The van der Waals surface area contributed by atoms with Gasteiger partial charge in [-0.2, -0.15) is 5.26 Å². The number of aromatic hydroxyl groups is 1. The van der Waals surface area contributed by atoms with Gasteiger partial charge in [0.15, 0.2) is 0 Å². The summed E-state index contributed by atoms with van der Waals surface area (Å²) in [4.78, 5) is 12.2. The van der Waals surface area contributed by atoms with Gasteiger partial charge in [-0.15, -0.1) is 0 Å². The predicted molar refractivity (Wildman–Crippen MR) is 88.3 cm³/mol. The number of halogens is 1. The third-order valence-electron chi connectivity index (χ3n) is 2.96. The van der Waals surface area contributed by atoms with Crippen LogP contribution in [0, 0.1) is 11.3 Å². The van der Waals surface area contributed by atoms with E-state index in [9.17, 15) is 9.90 Å². The molecule has 2 aromatic carbocycles. The van der Waals surface area contributed by atoms with Gasteiger partial charge in [-0.3, -0.25) is 4.79 Å². The van der Waals surface area contributed by atoms with E-state index in [-0.39, 0.29) is 11.3 Å². The van der Waals surface area contributed by atoms with Crippen molar-refractivity contribution in [2.75, 3.05) is 12.4 Å². The first kappa shape index (κ1) is 16.4. The molecule has 2 rings (SSSR count). The number of rotatable bonds is 4. The lowest BCUT2D eigenvalue weighted by molar-refractivity contribution is -0.112. The standard InChI is InChI=1S/C17H13ClN2O3/c1-23-16-6-5-13(9-15(16)18)20-17(22)12(10-19)7-11-3-2-4-14(21)8-11/h2-9,21H,1H3,(H,20,22)/b12-7+. The Morgan fingerprint density at radius 3 is 2.74 bits per heavy atom. The maximum Gasteiger partial charge on any atom is 0.266 e. The Hall–Kier alpha value is -2.97. The molecule has 0 unspecified atom stereocenters.